The van der Waals surface area contributed by atoms with Crippen molar-refractivity contribution in [3.05, 3.63) is 0 Å². The van der Waals surface area contributed by atoms with E-state index in [-0.39, 0.29) is 0 Å². The first-order chi connectivity index (χ1) is 6.33. The molecule has 86 valence electrons. The van der Waals surface area contributed by atoms with Crippen LogP contribution in [0, 0.1) is 0 Å². The second-order valence-corrected chi connectivity index (χ2v) is 22.2. The molecule has 0 fully saturated rings. The summed E-state index contributed by atoms with van der Waals surface area (Å²) in [5.41, 5.74) is 6.16. The molecular weight excluding hydrogens is 202 g/mol. The van der Waals surface area contributed by atoms with Gasteiger partial charge < -0.3 is 5.73 Å². The summed E-state index contributed by atoms with van der Waals surface area (Å²) in [5, 5.41) is 0. The zero-order valence-electron chi connectivity index (χ0n) is 11.0. The molecule has 0 spiro atoms. The van der Waals surface area contributed by atoms with Crippen LogP contribution in [-0.2, 0) is 0 Å². The van der Waals surface area contributed by atoms with Crippen LogP contribution in [0.25, 0.3) is 0 Å². The summed E-state index contributed by atoms with van der Waals surface area (Å²) in [4.78, 5) is 0. The van der Waals surface area contributed by atoms with E-state index < -0.39 is 15.2 Å². The first-order valence-corrected chi connectivity index (χ1v) is 13.2. The molecule has 0 saturated carbocycles. The Kier molecular flexibility index (Phi) is 5.62. The van der Waals surface area contributed by atoms with Crippen molar-refractivity contribution in [1.29, 1.82) is 0 Å². The predicted molar refractivity (Wildman–Crippen MR) is 73.1 cm³/mol. The van der Waals surface area contributed by atoms with Crippen LogP contribution >= 0.6 is 0 Å². The summed E-state index contributed by atoms with van der Waals surface area (Å²) in [6, 6.07) is 4.71. The van der Waals surface area contributed by atoms with Gasteiger partial charge in [-0.3, -0.25) is 0 Å². The third-order valence-corrected chi connectivity index (χ3v) is 23.6. The van der Waals surface area contributed by atoms with Gasteiger partial charge in [-0.1, -0.05) is 52.5 Å². The standard InChI is InChI=1S/C11H29NSi2/c1-7-11(12)10-14(8-2,9-3)13(4,5)6/h11H,7-10,12H2,1-6H3. The second-order valence-electron chi connectivity index (χ2n) is 5.61. The van der Waals surface area contributed by atoms with Crippen LogP contribution in [0.3, 0.4) is 0 Å². The molecule has 0 amide bonds. The summed E-state index contributed by atoms with van der Waals surface area (Å²) >= 11 is 0. The molecule has 0 aliphatic carbocycles. The maximum Gasteiger partial charge on any atom is 0.0480 e. The minimum Gasteiger partial charge on any atom is -0.328 e. The molecule has 1 atom stereocenters. The number of hydrogen-bond acceptors (Lipinski definition) is 1. The fourth-order valence-electron chi connectivity index (χ4n) is 2.55. The molecule has 0 bridgehead atoms. The van der Waals surface area contributed by atoms with Gasteiger partial charge in [-0.05, 0) is 12.5 Å². The van der Waals surface area contributed by atoms with Crippen molar-refractivity contribution in [2.75, 3.05) is 0 Å². The van der Waals surface area contributed by atoms with Crippen molar-refractivity contribution < 1.29 is 0 Å². The van der Waals surface area contributed by atoms with E-state index in [1.807, 2.05) is 0 Å². The van der Waals surface area contributed by atoms with E-state index in [0.29, 0.717) is 6.04 Å². The molecule has 3 heteroatoms. The Labute approximate surface area is 92.3 Å². The fourth-order valence-corrected chi connectivity index (χ4v) is 16.6. The van der Waals surface area contributed by atoms with Crippen molar-refractivity contribution >= 4 is 15.2 Å². The Hall–Kier alpha value is 0.394. The van der Waals surface area contributed by atoms with Gasteiger partial charge in [-0.2, -0.15) is 0 Å². The topological polar surface area (TPSA) is 26.0 Å². The number of nitrogens with two attached hydrogens (primary N) is 1. The van der Waals surface area contributed by atoms with Crippen molar-refractivity contribution in [3.8, 4) is 0 Å². The maximum absolute atomic E-state index is 6.16. The highest BCUT2D eigenvalue weighted by atomic mass is 29.3. The Bertz CT molecular complexity index is 159. The molecule has 0 aromatic rings. The molecule has 0 aromatic carbocycles. The van der Waals surface area contributed by atoms with E-state index in [9.17, 15) is 0 Å². The quantitative estimate of drug-likeness (QED) is 0.694. The van der Waals surface area contributed by atoms with Gasteiger partial charge in [0.05, 0.1) is 0 Å². The van der Waals surface area contributed by atoms with Crippen LogP contribution in [0.2, 0.25) is 37.8 Å². The van der Waals surface area contributed by atoms with Gasteiger partial charge in [-0.25, -0.2) is 0 Å². The highest BCUT2D eigenvalue weighted by Crippen LogP contribution is 2.32. The molecule has 0 aliphatic rings. The highest BCUT2D eigenvalue weighted by molar-refractivity contribution is 7.41. The molecule has 0 heterocycles. The van der Waals surface area contributed by atoms with E-state index in [1.54, 1.807) is 0 Å². The Morgan fingerprint density at radius 2 is 1.43 bits per heavy atom. The van der Waals surface area contributed by atoms with Crippen molar-refractivity contribution in [2.24, 2.45) is 5.73 Å². The van der Waals surface area contributed by atoms with Gasteiger partial charge in [0.25, 0.3) is 0 Å². The van der Waals surface area contributed by atoms with E-state index in [4.69, 9.17) is 5.73 Å². The molecule has 0 aromatic heterocycles. The Balaban J connectivity index is 4.71. The normalized spacial score (nSPS) is 15.6. The van der Waals surface area contributed by atoms with Gasteiger partial charge in [0, 0.05) is 21.2 Å². The van der Waals surface area contributed by atoms with Crippen molar-refractivity contribution in [2.45, 2.75) is 71.0 Å². The second kappa shape index (κ2) is 5.47. The van der Waals surface area contributed by atoms with Crippen LogP contribution < -0.4 is 5.73 Å². The SMILES string of the molecule is CCC(N)C[Si](CC)(CC)[Si](C)(C)C. The van der Waals surface area contributed by atoms with Gasteiger partial charge >= 0.3 is 0 Å². The lowest BCUT2D eigenvalue weighted by Gasteiger charge is -2.42. The first-order valence-electron chi connectivity index (χ1n) is 6.08. The van der Waals surface area contributed by atoms with E-state index >= 15 is 0 Å². The van der Waals surface area contributed by atoms with Gasteiger partial charge in [0.1, 0.15) is 0 Å². The minimum absolute atomic E-state index is 0.466. The molecule has 14 heavy (non-hydrogen) atoms. The van der Waals surface area contributed by atoms with E-state index in [2.05, 4.69) is 40.4 Å². The monoisotopic (exact) mass is 231 g/mol. The van der Waals surface area contributed by atoms with E-state index in [0.717, 1.165) is 6.42 Å². The smallest absolute Gasteiger partial charge is 0.0480 e. The third-order valence-electron chi connectivity index (χ3n) is 4.12. The van der Waals surface area contributed by atoms with Crippen LogP contribution in [0.4, 0.5) is 0 Å². The average Bonchev–Trinajstić information content (AvgIpc) is 2.11. The predicted octanol–water partition coefficient (Wildman–Crippen LogP) is 3.63. The lowest BCUT2D eigenvalue weighted by atomic mass is 10.3. The van der Waals surface area contributed by atoms with Crippen molar-refractivity contribution in [3.63, 3.8) is 0 Å². The molecular formula is C11H29NSi2. The molecule has 1 unspecified atom stereocenters. The molecule has 2 N–H and O–H groups in total. The Morgan fingerprint density at radius 3 is 1.64 bits per heavy atom. The van der Waals surface area contributed by atoms with Gasteiger partial charge in [0.15, 0.2) is 0 Å². The Morgan fingerprint density at radius 1 is 1.00 bits per heavy atom. The zero-order chi connectivity index (χ0) is 11.4. The zero-order valence-corrected chi connectivity index (χ0v) is 13.0. The van der Waals surface area contributed by atoms with Crippen molar-refractivity contribution in [1.82, 2.24) is 0 Å². The molecule has 0 rings (SSSR count). The first kappa shape index (κ1) is 14.4. The molecule has 0 radical (unpaired) electrons. The van der Waals surface area contributed by atoms with Crippen LogP contribution in [0.5, 0.6) is 0 Å². The number of hydrogen-bond donors (Lipinski definition) is 1. The third kappa shape index (κ3) is 3.21. The lowest BCUT2D eigenvalue weighted by molar-refractivity contribution is 0.701. The molecule has 0 saturated heterocycles. The van der Waals surface area contributed by atoms with Gasteiger partial charge in [0.2, 0.25) is 0 Å². The molecule has 0 aliphatic heterocycles. The lowest BCUT2D eigenvalue weighted by Crippen LogP contribution is -2.58. The fraction of sp³-hybridized carbons (Fsp3) is 1.00. The van der Waals surface area contributed by atoms with E-state index in [1.165, 1.54) is 18.1 Å². The minimum atomic E-state index is -1.02. The summed E-state index contributed by atoms with van der Waals surface area (Å²) in [5.74, 6) is 0. The van der Waals surface area contributed by atoms with Crippen LogP contribution in [0.1, 0.15) is 27.2 Å². The summed E-state index contributed by atoms with van der Waals surface area (Å²) < 4.78 is 0. The van der Waals surface area contributed by atoms with Gasteiger partial charge in [-0.15, -0.1) is 0 Å². The maximum atomic E-state index is 6.16. The summed E-state index contributed by atoms with van der Waals surface area (Å²) in [6.45, 7) is 14.7. The molecule has 1 nitrogen and oxygen atoms in total. The summed E-state index contributed by atoms with van der Waals surface area (Å²) in [7, 11) is -1.97. The summed E-state index contributed by atoms with van der Waals surface area (Å²) in [6.07, 6.45) is 1.15. The highest BCUT2D eigenvalue weighted by Gasteiger charge is 2.42. The number of rotatable bonds is 6. The van der Waals surface area contributed by atoms with Crippen LogP contribution in [0.15, 0.2) is 0 Å². The van der Waals surface area contributed by atoms with Crippen LogP contribution in [-0.4, -0.2) is 21.2 Å². The average molecular weight is 232 g/mol. The largest absolute Gasteiger partial charge is 0.328 e.